The first-order chi connectivity index (χ1) is 14.2. The predicted molar refractivity (Wildman–Crippen MR) is 122 cm³/mol. The maximum Gasteiger partial charge on any atom is 0.241 e. The van der Waals surface area contributed by atoms with E-state index in [0.717, 1.165) is 5.56 Å². The van der Waals surface area contributed by atoms with Crippen LogP contribution < -0.4 is 5.32 Å². The third kappa shape index (κ3) is 6.06. The number of hydrogen-bond donors (Lipinski definition) is 1. The number of carbonyl (C=O) groups is 1. The van der Waals surface area contributed by atoms with Crippen molar-refractivity contribution in [3.8, 4) is 0 Å². The van der Waals surface area contributed by atoms with E-state index >= 15 is 0 Å². The van der Waals surface area contributed by atoms with Crippen LogP contribution in [0.1, 0.15) is 12.5 Å². The largest absolute Gasteiger partial charge is 0.325 e. The van der Waals surface area contributed by atoms with E-state index in [1.54, 1.807) is 31.2 Å². The first-order valence-electron chi connectivity index (χ1n) is 9.49. The summed E-state index contributed by atoms with van der Waals surface area (Å²) in [6.45, 7) is 3.36. The van der Waals surface area contributed by atoms with E-state index in [0.29, 0.717) is 41.9 Å². The van der Waals surface area contributed by atoms with Gasteiger partial charge in [-0.05, 0) is 36.8 Å². The Kier molecular flexibility index (Phi) is 7.55. The molecule has 0 aromatic heterocycles. The number of benzene rings is 2. The lowest BCUT2D eigenvalue weighted by Crippen LogP contribution is -2.53. The molecule has 1 fully saturated rings. The van der Waals surface area contributed by atoms with Gasteiger partial charge in [0.1, 0.15) is 0 Å². The van der Waals surface area contributed by atoms with E-state index in [9.17, 15) is 13.2 Å². The predicted octanol–water partition coefficient (Wildman–Crippen LogP) is 3.94. The Bertz CT molecular complexity index is 1000. The van der Waals surface area contributed by atoms with Crippen molar-refractivity contribution in [1.82, 2.24) is 9.21 Å². The molecular formula is C21H23Cl2N3O3S. The van der Waals surface area contributed by atoms with Crippen LogP contribution in [0.5, 0.6) is 0 Å². The maximum absolute atomic E-state index is 12.6. The number of hydrogen-bond acceptors (Lipinski definition) is 4. The van der Waals surface area contributed by atoms with E-state index in [4.69, 9.17) is 23.2 Å². The molecule has 0 radical (unpaired) electrons. The fourth-order valence-corrected chi connectivity index (χ4v) is 4.90. The molecule has 160 valence electrons. The third-order valence-electron chi connectivity index (χ3n) is 4.92. The summed E-state index contributed by atoms with van der Waals surface area (Å²) in [5.74, 6) is -0.200. The second-order valence-corrected chi connectivity index (χ2v) is 9.71. The quantitative estimate of drug-likeness (QED) is 0.698. The van der Waals surface area contributed by atoms with Crippen LogP contribution in [0.3, 0.4) is 0 Å². The van der Waals surface area contributed by atoms with Crippen LogP contribution in [0.2, 0.25) is 10.0 Å². The standard InChI is InChI=1S/C21H23Cl2N3O3S/c1-16(21(27)24-20-14-18(22)13-19(23)15-20)25-8-10-26(11-9-25)30(28,29)12-7-17-5-3-2-4-6-17/h2-7,12-16H,8-11H2,1H3,(H,24,27)/b12-7+/t16-/m1/s1. The molecule has 1 atom stereocenters. The zero-order chi connectivity index (χ0) is 21.7. The van der Waals surface area contributed by atoms with Crippen LogP contribution in [0.25, 0.3) is 6.08 Å². The number of anilines is 1. The first kappa shape index (κ1) is 22.8. The molecule has 2 aromatic rings. The highest BCUT2D eigenvalue weighted by atomic mass is 35.5. The van der Waals surface area contributed by atoms with Crippen LogP contribution in [0.4, 0.5) is 5.69 Å². The summed E-state index contributed by atoms with van der Waals surface area (Å²) in [6.07, 6.45) is 1.59. The maximum atomic E-state index is 12.6. The summed E-state index contributed by atoms with van der Waals surface area (Å²) < 4.78 is 26.6. The molecule has 2 aromatic carbocycles. The molecule has 1 heterocycles. The smallest absolute Gasteiger partial charge is 0.241 e. The van der Waals surface area contributed by atoms with Crippen molar-refractivity contribution in [3.63, 3.8) is 0 Å². The van der Waals surface area contributed by atoms with E-state index < -0.39 is 16.1 Å². The summed E-state index contributed by atoms with van der Waals surface area (Å²) in [6, 6.07) is 13.7. The first-order valence-corrected chi connectivity index (χ1v) is 11.7. The molecule has 9 heteroatoms. The lowest BCUT2D eigenvalue weighted by molar-refractivity contribution is -0.121. The van der Waals surface area contributed by atoms with Gasteiger partial charge in [-0.15, -0.1) is 0 Å². The van der Waals surface area contributed by atoms with Gasteiger partial charge in [-0.1, -0.05) is 53.5 Å². The van der Waals surface area contributed by atoms with Crippen LogP contribution in [0.15, 0.2) is 53.9 Å². The molecule has 6 nitrogen and oxygen atoms in total. The highest BCUT2D eigenvalue weighted by Gasteiger charge is 2.29. The Morgan fingerprint density at radius 2 is 1.63 bits per heavy atom. The summed E-state index contributed by atoms with van der Waals surface area (Å²) >= 11 is 11.9. The fraction of sp³-hybridized carbons (Fsp3) is 0.286. The molecule has 1 aliphatic heterocycles. The Morgan fingerprint density at radius 1 is 1.03 bits per heavy atom. The number of nitrogens with zero attached hydrogens (tertiary/aromatic N) is 2. The third-order valence-corrected chi connectivity index (χ3v) is 6.92. The van der Waals surface area contributed by atoms with Crippen LogP contribution >= 0.6 is 23.2 Å². The summed E-state index contributed by atoms with van der Waals surface area (Å²) in [5, 5.41) is 4.92. The minimum Gasteiger partial charge on any atom is -0.325 e. The topological polar surface area (TPSA) is 69.7 Å². The van der Waals surface area contributed by atoms with Crippen molar-refractivity contribution in [1.29, 1.82) is 0 Å². The van der Waals surface area contributed by atoms with Crippen molar-refractivity contribution in [2.45, 2.75) is 13.0 Å². The average molecular weight is 468 g/mol. The van der Waals surface area contributed by atoms with Gasteiger partial charge in [0.15, 0.2) is 0 Å². The van der Waals surface area contributed by atoms with Crippen molar-refractivity contribution < 1.29 is 13.2 Å². The lowest BCUT2D eigenvalue weighted by Gasteiger charge is -2.36. The molecule has 30 heavy (non-hydrogen) atoms. The fourth-order valence-electron chi connectivity index (χ4n) is 3.20. The van der Waals surface area contributed by atoms with Crippen LogP contribution in [-0.4, -0.2) is 55.8 Å². The van der Waals surface area contributed by atoms with Crippen LogP contribution in [0, 0.1) is 0 Å². The van der Waals surface area contributed by atoms with Crippen molar-refractivity contribution in [2.24, 2.45) is 0 Å². The Labute approximate surface area is 187 Å². The van der Waals surface area contributed by atoms with E-state index in [1.165, 1.54) is 9.71 Å². The van der Waals surface area contributed by atoms with Gasteiger partial charge in [0.2, 0.25) is 15.9 Å². The second-order valence-electron chi connectivity index (χ2n) is 7.02. The van der Waals surface area contributed by atoms with Gasteiger partial charge < -0.3 is 5.32 Å². The molecule has 1 N–H and O–H groups in total. The number of nitrogens with one attached hydrogen (secondary N) is 1. The van der Waals surface area contributed by atoms with Crippen molar-refractivity contribution in [3.05, 3.63) is 69.5 Å². The Balaban J connectivity index is 1.56. The molecule has 3 rings (SSSR count). The lowest BCUT2D eigenvalue weighted by atomic mass is 10.2. The van der Waals surface area contributed by atoms with Gasteiger partial charge in [0.25, 0.3) is 0 Å². The van der Waals surface area contributed by atoms with E-state index in [-0.39, 0.29) is 5.91 Å². The van der Waals surface area contributed by atoms with Crippen molar-refractivity contribution in [2.75, 3.05) is 31.5 Å². The average Bonchev–Trinajstić information content (AvgIpc) is 2.72. The summed E-state index contributed by atoms with van der Waals surface area (Å²) in [4.78, 5) is 14.5. The van der Waals surface area contributed by atoms with Crippen LogP contribution in [-0.2, 0) is 14.8 Å². The molecule has 0 bridgehead atoms. The van der Waals surface area contributed by atoms with Gasteiger partial charge in [-0.3, -0.25) is 9.69 Å². The number of halogens is 2. The van der Waals surface area contributed by atoms with E-state index in [2.05, 4.69) is 5.32 Å². The molecule has 0 saturated carbocycles. The van der Waals surface area contributed by atoms with Crippen molar-refractivity contribution >= 4 is 50.9 Å². The minimum absolute atomic E-state index is 0.200. The highest BCUT2D eigenvalue weighted by molar-refractivity contribution is 7.92. The summed E-state index contributed by atoms with van der Waals surface area (Å²) in [7, 11) is -3.51. The van der Waals surface area contributed by atoms with Gasteiger partial charge in [-0.2, -0.15) is 4.31 Å². The molecule has 0 spiro atoms. The molecule has 0 unspecified atom stereocenters. The second kappa shape index (κ2) is 9.94. The molecular weight excluding hydrogens is 445 g/mol. The molecule has 1 aliphatic rings. The number of piperazine rings is 1. The van der Waals surface area contributed by atoms with Gasteiger partial charge in [0.05, 0.1) is 6.04 Å². The minimum atomic E-state index is -3.51. The number of amides is 1. The van der Waals surface area contributed by atoms with Gasteiger partial charge in [-0.25, -0.2) is 8.42 Å². The normalized spacial score (nSPS) is 17.2. The Morgan fingerprint density at radius 3 is 2.23 bits per heavy atom. The summed E-state index contributed by atoms with van der Waals surface area (Å²) in [5.41, 5.74) is 1.35. The SMILES string of the molecule is C[C@H](C(=O)Nc1cc(Cl)cc(Cl)c1)N1CCN(S(=O)(=O)/C=C/c2ccccc2)CC1. The van der Waals surface area contributed by atoms with E-state index in [1.807, 2.05) is 35.2 Å². The Hall–Kier alpha value is -1.90. The number of rotatable bonds is 6. The number of carbonyl (C=O) groups excluding carboxylic acids is 1. The number of sulfonamides is 1. The van der Waals surface area contributed by atoms with Gasteiger partial charge >= 0.3 is 0 Å². The molecule has 1 saturated heterocycles. The highest BCUT2D eigenvalue weighted by Crippen LogP contribution is 2.23. The van der Waals surface area contributed by atoms with Gasteiger partial charge in [0, 0.05) is 47.3 Å². The zero-order valence-electron chi connectivity index (χ0n) is 16.5. The molecule has 1 amide bonds. The zero-order valence-corrected chi connectivity index (χ0v) is 18.8. The monoisotopic (exact) mass is 467 g/mol. The molecule has 0 aliphatic carbocycles.